The van der Waals surface area contributed by atoms with Crippen LogP contribution in [0.15, 0.2) is 24.3 Å². The van der Waals surface area contributed by atoms with Crippen LogP contribution in [0.1, 0.15) is 18.9 Å². The van der Waals surface area contributed by atoms with Gasteiger partial charge in [-0.1, -0.05) is 19.1 Å². The smallest absolute Gasteiger partial charge is 0.123 e. The number of rotatable bonds is 7. The van der Waals surface area contributed by atoms with E-state index in [-0.39, 0.29) is 12.4 Å². The highest BCUT2D eigenvalue weighted by Gasteiger charge is 2.00. The molecule has 0 radical (unpaired) electrons. The van der Waals surface area contributed by atoms with Gasteiger partial charge in [0, 0.05) is 6.61 Å². The molecule has 1 unspecified atom stereocenters. The van der Waals surface area contributed by atoms with Crippen molar-refractivity contribution in [3.05, 3.63) is 35.6 Å². The van der Waals surface area contributed by atoms with Gasteiger partial charge in [0.1, 0.15) is 5.82 Å². The highest BCUT2D eigenvalue weighted by atomic mass is 32.2. The molecule has 90 valence electrons. The summed E-state index contributed by atoms with van der Waals surface area (Å²) >= 11 is 1.86. The van der Waals surface area contributed by atoms with Crippen molar-refractivity contribution in [1.29, 1.82) is 0 Å². The highest BCUT2D eigenvalue weighted by Crippen LogP contribution is 2.12. The molecule has 16 heavy (non-hydrogen) atoms. The molecule has 0 aliphatic carbocycles. The Bertz CT molecular complexity index is 304. The van der Waals surface area contributed by atoms with E-state index in [4.69, 9.17) is 5.11 Å². The summed E-state index contributed by atoms with van der Waals surface area (Å²) in [4.78, 5) is 0. The van der Waals surface area contributed by atoms with Crippen LogP contribution in [0.2, 0.25) is 0 Å². The highest BCUT2D eigenvalue weighted by molar-refractivity contribution is 7.99. The van der Waals surface area contributed by atoms with Crippen LogP contribution in [0.4, 0.5) is 4.39 Å². The summed E-state index contributed by atoms with van der Waals surface area (Å²) < 4.78 is 12.9. The third-order valence-corrected chi connectivity index (χ3v) is 3.74. The van der Waals surface area contributed by atoms with E-state index in [9.17, 15) is 4.39 Å². The fourth-order valence-corrected chi connectivity index (χ4v) is 2.43. The first kappa shape index (κ1) is 13.5. The lowest BCUT2D eigenvalue weighted by Crippen LogP contribution is -2.04. The molecule has 0 aliphatic heterocycles. The van der Waals surface area contributed by atoms with Crippen molar-refractivity contribution in [3.8, 4) is 0 Å². The van der Waals surface area contributed by atoms with Crippen LogP contribution in [0.25, 0.3) is 0 Å². The van der Waals surface area contributed by atoms with Crippen molar-refractivity contribution < 1.29 is 9.50 Å². The van der Waals surface area contributed by atoms with Gasteiger partial charge in [0.05, 0.1) is 0 Å². The van der Waals surface area contributed by atoms with E-state index >= 15 is 0 Å². The van der Waals surface area contributed by atoms with E-state index in [1.54, 1.807) is 12.1 Å². The lowest BCUT2D eigenvalue weighted by atomic mass is 10.1. The zero-order valence-electron chi connectivity index (χ0n) is 9.66. The molecule has 1 N–H and O–H groups in total. The van der Waals surface area contributed by atoms with Crippen LogP contribution >= 0.6 is 11.8 Å². The molecule has 0 aromatic heterocycles. The van der Waals surface area contributed by atoms with Crippen LogP contribution in [-0.4, -0.2) is 23.2 Å². The average Bonchev–Trinajstić information content (AvgIpc) is 2.28. The molecule has 0 bridgehead atoms. The molecule has 0 aliphatic rings. The second-order valence-electron chi connectivity index (χ2n) is 4.10. The van der Waals surface area contributed by atoms with E-state index in [2.05, 4.69) is 0 Å². The van der Waals surface area contributed by atoms with Gasteiger partial charge in [-0.15, -0.1) is 0 Å². The normalized spacial score (nSPS) is 12.7. The van der Waals surface area contributed by atoms with Crippen LogP contribution in [0.3, 0.4) is 0 Å². The average molecular weight is 242 g/mol. The molecule has 0 fully saturated rings. The minimum absolute atomic E-state index is 0.154. The van der Waals surface area contributed by atoms with Crippen LogP contribution in [0, 0.1) is 11.7 Å². The molecule has 3 heteroatoms. The van der Waals surface area contributed by atoms with Gasteiger partial charge in [0.15, 0.2) is 0 Å². The molecule has 0 amide bonds. The van der Waals surface area contributed by atoms with Crippen LogP contribution in [0.5, 0.6) is 0 Å². The standard InChI is InChI=1S/C13H19FOS/c1-11(9-15)10-16-7-3-5-12-4-2-6-13(14)8-12/h2,4,6,8,11,15H,3,5,7,9-10H2,1H3. The fourth-order valence-electron chi connectivity index (χ4n) is 1.41. The van der Waals surface area contributed by atoms with Crippen molar-refractivity contribution in [3.63, 3.8) is 0 Å². The summed E-state index contributed by atoms with van der Waals surface area (Å²) in [5.74, 6) is 2.29. The molecule has 1 aromatic rings. The van der Waals surface area contributed by atoms with Crippen LogP contribution < -0.4 is 0 Å². The number of hydrogen-bond acceptors (Lipinski definition) is 2. The Labute approximate surface area is 101 Å². The van der Waals surface area contributed by atoms with Gasteiger partial charge in [-0.25, -0.2) is 4.39 Å². The Kier molecular flexibility index (Phi) is 6.50. The minimum atomic E-state index is -0.154. The second-order valence-corrected chi connectivity index (χ2v) is 5.25. The summed E-state index contributed by atoms with van der Waals surface area (Å²) in [6.07, 6.45) is 1.99. The number of hydrogen-bond donors (Lipinski definition) is 1. The molecule has 1 rings (SSSR count). The van der Waals surface area contributed by atoms with E-state index in [0.717, 1.165) is 29.9 Å². The number of benzene rings is 1. The summed E-state index contributed by atoms with van der Waals surface area (Å²) in [6, 6.07) is 6.79. The van der Waals surface area contributed by atoms with Gasteiger partial charge in [0.2, 0.25) is 0 Å². The van der Waals surface area contributed by atoms with Gasteiger partial charge in [0.25, 0.3) is 0 Å². The van der Waals surface area contributed by atoms with E-state index < -0.39 is 0 Å². The van der Waals surface area contributed by atoms with E-state index in [1.165, 1.54) is 6.07 Å². The molecule has 0 saturated carbocycles. The Balaban J connectivity index is 2.12. The van der Waals surface area contributed by atoms with Gasteiger partial charge >= 0.3 is 0 Å². The minimum Gasteiger partial charge on any atom is -0.396 e. The molecule has 0 heterocycles. The molecule has 1 nitrogen and oxygen atoms in total. The molecule has 0 saturated heterocycles. The lowest BCUT2D eigenvalue weighted by Gasteiger charge is -2.06. The number of aliphatic hydroxyl groups excluding tert-OH is 1. The summed E-state index contributed by atoms with van der Waals surface area (Å²) in [6.45, 7) is 2.30. The van der Waals surface area contributed by atoms with Crippen molar-refractivity contribution in [1.82, 2.24) is 0 Å². The van der Waals surface area contributed by atoms with Crippen molar-refractivity contribution in [2.45, 2.75) is 19.8 Å². The van der Waals surface area contributed by atoms with Gasteiger partial charge < -0.3 is 5.11 Å². The second kappa shape index (κ2) is 7.69. The van der Waals surface area contributed by atoms with Gasteiger partial charge in [-0.3, -0.25) is 0 Å². The quantitative estimate of drug-likeness (QED) is 0.741. The number of halogens is 1. The Morgan fingerprint density at radius 2 is 2.25 bits per heavy atom. The Morgan fingerprint density at radius 3 is 2.94 bits per heavy atom. The first-order chi connectivity index (χ1) is 7.72. The third-order valence-electron chi connectivity index (χ3n) is 2.36. The number of aliphatic hydroxyl groups is 1. The predicted molar refractivity (Wildman–Crippen MR) is 68.3 cm³/mol. The Morgan fingerprint density at radius 1 is 1.44 bits per heavy atom. The Hall–Kier alpha value is -0.540. The van der Waals surface area contributed by atoms with Crippen molar-refractivity contribution >= 4 is 11.8 Å². The van der Waals surface area contributed by atoms with Crippen LogP contribution in [-0.2, 0) is 6.42 Å². The maximum atomic E-state index is 12.9. The molecular formula is C13H19FOS. The van der Waals surface area contributed by atoms with E-state index in [0.29, 0.717) is 5.92 Å². The largest absolute Gasteiger partial charge is 0.396 e. The molecule has 1 aromatic carbocycles. The fraction of sp³-hybridized carbons (Fsp3) is 0.538. The maximum Gasteiger partial charge on any atom is 0.123 e. The number of thioether (sulfide) groups is 1. The first-order valence-electron chi connectivity index (χ1n) is 5.65. The maximum absolute atomic E-state index is 12.9. The summed E-state index contributed by atoms with van der Waals surface area (Å²) in [5, 5.41) is 8.84. The van der Waals surface area contributed by atoms with Gasteiger partial charge in [-0.05, 0) is 48.0 Å². The lowest BCUT2D eigenvalue weighted by molar-refractivity contribution is 0.250. The van der Waals surface area contributed by atoms with Crippen molar-refractivity contribution in [2.75, 3.05) is 18.1 Å². The topological polar surface area (TPSA) is 20.2 Å². The van der Waals surface area contributed by atoms with Gasteiger partial charge in [-0.2, -0.15) is 11.8 Å². The summed E-state index contributed by atoms with van der Waals surface area (Å²) in [7, 11) is 0. The third kappa shape index (κ3) is 5.52. The zero-order chi connectivity index (χ0) is 11.8. The predicted octanol–water partition coefficient (Wildman–Crippen LogP) is 3.12. The first-order valence-corrected chi connectivity index (χ1v) is 6.81. The molecular weight excluding hydrogens is 223 g/mol. The summed E-state index contributed by atoms with van der Waals surface area (Å²) in [5.41, 5.74) is 1.07. The zero-order valence-corrected chi connectivity index (χ0v) is 10.5. The monoisotopic (exact) mass is 242 g/mol. The molecule has 0 spiro atoms. The van der Waals surface area contributed by atoms with E-state index in [1.807, 2.05) is 24.8 Å². The number of aryl methyl sites for hydroxylation is 1. The van der Waals surface area contributed by atoms with Crippen molar-refractivity contribution in [2.24, 2.45) is 5.92 Å². The SMILES string of the molecule is CC(CO)CSCCCc1cccc(F)c1. The molecule has 1 atom stereocenters.